The van der Waals surface area contributed by atoms with Gasteiger partial charge in [-0.15, -0.1) is 0 Å². The fourth-order valence-corrected chi connectivity index (χ4v) is 5.73. The van der Waals surface area contributed by atoms with E-state index < -0.39 is 35.4 Å². The minimum Gasteiger partial charge on any atom is -0.387 e. The van der Waals surface area contributed by atoms with Gasteiger partial charge in [-0.25, -0.2) is 15.0 Å². The Bertz CT molecular complexity index is 1990. The lowest BCUT2D eigenvalue weighted by molar-refractivity contribution is -0.384. The minimum atomic E-state index is -1.32. The second kappa shape index (κ2) is 12.7. The lowest BCUT2D eigenvalue weighted by atomic mass is 10.0. The van der Waals surface area contributed by atoms with E-state index in [2.05, 4.69) is 49.1 Å². The number of fused-ring (bicyclic) bond motifs is 2. The van der Waals surface area contributed by atoms with Crippen LogP contribution in [-0.4, -0.2) is 71.5 Å². The summed E-state index contributed by atoms with van der Waals surface area (Å²) in [4.78, 5) is 36.8. The lowest BCUT2D eigenvalue weighted by Gasteiger charge is -2.16. The lowest BCUT2D eigenvalue weighted by Crippen LogP contribution is -2.39. The molecule has 1 saturated carbocycles. The molecule has 3 aromatic carbocycles. The van der Waals surface area contributed by atoms with E-state index >= 15 is 0 Å². The summed E-state index contributed by atoms with van der Waals surface area (Å²) in [5.41, 5.74) is 2.83. The summed E-state index contributed by atoms with van der Waals surface area (Å²) in [6.45, 7) is 0.402. The fourth-order valence-electron chi connectivity index (χ4n) is 5.73. The van der Waals surface area contributed by atoms with Crippen molar-refractivity contribution in [2.45, 2.75) is 50.0 Å². The van der Waals surface area contributed by atoms with Gasteiger partial charge in [0.2, 0.25) is 5.91 Å². The number of hydrogen-bond acceptors (Lipinski definition) is 11. The van der Waals surface area contributed by atoms with Crippen LogP contribution in [0.4, 0.5) is 17.2 Å². The van der Waals surface area contributed by atoms with E-state index in [9.17, 15) is 25.1 Å². The third-order valence-corrected chi connectivity index (χ3v) is 8.36. The maximum absolute atomic E-state index is 12.6. The smallest absolute Gasteiger partial charge is 0.292 e. The molecule has 5 aromatic rings. The van der Waals surface area contributed by atoms with Crippen molar-refractivity contribution in [1.29, 1.82) is 0 Å². The maximum Gasteiger partial charge on any atom is 0.292 e. The topological polar surface area (TPSA) is 190 Å². The summed E-state index contributed by atoms with van der Waals surface area (Å²) in [5, 5.41) is 44.6. The Morgan fingerprint density at radius 3 is 2.72 bits per heavy atom. The Kier molecular flexibility index (Phi) is 8.20. The van der Waals surface area contributed by atoms with Crippen LogP contribution in [0.25, 0.3) is 28.0 Å². The van der Waals surface area contributed by atoms with Gasteiger partial charge in [0, 0.05) is 31.3 Å². The largest absolute Gasteiger partial charge is 0.387 e. The van der Waals surface area contributed by atoms with Crippen molar-refractivity contribution < 1.29 is 24.7 Å². The number of aliphatic hydroxyl groups is 2. The van der Waals surface area contributed by atoms with Crippen LogP contribution in [0.15, 0.2) is 79.4 Å². The highest BCUT2D eigenvalue weighted by Gasteiger charge is 2.44. The molecule has 0 spiro atoms. The van der Waals surface area contributed by atoms with Gasteiger partial charge in [0.05, 0.1) is 11.3 Å². The molecule has 1 aliphatic carbocycles. The highest BCUT2D eigenvalue weighted by atomic mass is 16.6. The number of nitrogens with one attached hydrogen (secondary N) is 3. The van der Waals surface area contributed by atoms with E-state index in [0.717, 1.165) is 29.2 Å². The molecule has 14 heteroatoms. The van der Waals surface area contributed by atoms with Crippen LogP contribution in [0.2, 0.25) is 0 Å². The summed E-state index contributed by atoms with van der Waals surface area (Å²) >= 11 is 0. The average molecular weight is 637 g/mol. The molecule has 4 atom stereocenters. The summed E-state index contributed by atoms with van der Waals surface area (Å²) in [6.07, 6.45) is 2.96. The van der Waals surface area contributed by atoms with E-state index in [1.54, 1.807) is 12.1 Å². The van der Waals surface area contributed by atoms with Crippen molar-refractivity contribution in [2.75, 3.05) is 17.2 Å². The number of rotatable bonds is 11. The molecule has 3 heterocycles. The Morgan fingerprint density at radius 2 is 1.89 bits per heavy atom. The Morgan fingerprint density at radius 1 is 1.06 bits per heavy atom. The molecule has 1 saturated heterocycles. The normalized spacial score (nSPS) is 21.0. The van der Waals surface area contributed by atoms with Crippen LogP contribution in [0.3, 0.4) is 0 Å². The standard InChI is InChI=1S/C33H32N8O6/c42-27(13-9-19-8-12-24(39-22-10-11-22)25(14-19)41(45)46)34-16-26-29(43)30(44)33(47-26)40-18-38-28-31(36-17-37-32(28)40)35-15-21-6-3-5-20-4-1-2-7-23(20)21/h1-9,12-14,17-18,22,26,29-30,33,39,43-44H,10-11,15-16H2,(H,34,42)(H,35,36,37)/b13-9+/t26-,29-,30-,33-/m1/s1. The number of imidazole rings is 1. The van der Waals surface area contributed by atoms with Gasteiger partial charge in [0.25, 0.3) is 5.69 Å². The number of aliphatic hydroxyl groups excluding tert-OH is 2. The highest BCUT2D eigenvalue weighted by Crippen LogP contribution is 2.33. The first-order valence-electron chi connectivity index (χ1n) is 15.3. The zero-order valence-corrected chi connectivity index (χ0v) is 25.1. The zero-order chi connectivity index (χ0) is 32.5. The predicted octanol–water partition coefficient (Wildman–Crippen LogP) is 3.52. The Labute approximate surface area is 268 Å². The van der Waals surface area contributed by atoms with Crippen molar-refractivity contribution in [3.63, 3.8) is 0 Å². The van der Waals surface area contributed by atoms with Gasteiger partial charge >= 0.3 is 0 Å². The van der Waals surface area contributed by atoms with E-state index in [1.807, 2.05) is 24.3 Å². The molecule has 1 aliphatic heterocycles. The van der Waals surface area contributed by atoms with Crippen LogP contribution >= 0.6 is 0 Å². The first kappa shape index (κ1) is 30.2. The van der Waals surface area contributed by atoms with Crippen LogP contribution in [0.5, 0.6) is 0 Å². The van der Waals surface area contributed by atoms with Crippen molar-refractivity contribution in [2.24, 2.45) is 0 Å². The third kappa shape index (κ3) is 6.34. The summed E-state index contributed by atoms with van der Waals surface area (Å²) in [6, 6.07) is 19.2. The molecule has 2 aliphatic rings. The molecule has 0 bridgehead atoms. The number of benzene rings is 3. The van der Waals surface area contributed by atoms with E-state index in [0.29, 0.717) is 34.8 Å². The highest BCUT2D eigenvalue weighted by molar-refractivity contribution is 5.92. The Hall–Kier alpha value is -5.44. The number of carbonyl (C=O) groups is 1. The number of nitro groups is 1. The van der Waals surface area contributed by atoms with Gasteiger partial charge in [-0.1, -0.05) is 48.5 Å². The SMILES string of the molecule is O=C(/C=C/c1ccc(NC2CC2)c([N+](=O)[O-])c1)NC[C@H]1O[C@@H](n2cnc3c(NCc4cccc5ccccc45)ncnc32)[C@H](O)[C@@H]1O. The van der Waals surface area contributed by atoms with Crippen LogP contribution in [0.1, 0.15) is 30.2 Å². The number of aromatic nitrogens is 4. The molecule has 14 nitrogen and oxygen atoms in total. The van der Waals surface area contributed by atoms with Gasteiger partial charge in [-0.3, -0.25) is 19.5 Å². The van der Waals surface area contributed by atoms with Gasteiger partial charge in [-0.05, 0) is 46.9 Å². The second-order valence-electron chi connectivity index (χ2n) is 11.6. The summed E-state index contributed by atoms with van der Waals surface area (Å²) in [5.74, 6) is 0.00813. The summed E-state index contributed by atoms with van der Waals surface area (Å²) < 4.78 is 7.51. The number of hydrogen-bond donors (Lipinski definition) is 5. The third-order valence-electron chi connectivity index (χ3n) is 8.36. The van der Waals surface area contributed by atoms with Crippen LogP contribution in [0, 0.1) is 10.1 Å². The molecule has 240 valence electrons. The number of anilines is 2. The number of nitro benzene ring substituents is 1. The van der Waals surface area contributed by atoms with Gasteiger partial charge < -0.3 is 30.9 Å². The first-order valence-corrected chi connectivity index (χ1v) is 15.3. The zero-order valence-electron chi connectivity index (χ0n) is 25.1. The van der Waals surface area contributed by atoms with E-state index in [1.165, 1.54) is 35.4 Å². The maximum atomic E-state index is 12.6. The van der Waals surface area contributed by atoms with E-state index in [4.69, 9.17) is 4.74 Å². The number of ether oxygens (including phenoxy) is 1. The molecule has 1 amide bonds. The average Bonchev–Trinajstić information content (AvgIpc) is 3.73. The first-order chi connectivity index (χ1) is 22.9. The molecule has 0 radical (unpaired) electrons. The molecule has 7 rings (SSSR count). The van der Waals surface area contributed by atoms with Gasteiger partial charge in [0.15, 0.2) is 23.2 Å². The van der Waals surface area contributed by atoms with Crippen molar-refractivity contribution in [1.82, 2.24) is 24.8 Å². The van der Waals surface area contributed by atoms with Crippen molar-refractivity contribution in [3.8, 4) is 0 Å². The number of carbonyl (C=O) groups excluding carboxylic acids is 1. The Balaban J connectivity index is 0.993. The molecule has 2 aromatic heterocycles. The predicted molar refractivity (Wildman–Crippen MR) is 174 cm³/mol. The molecule has 0 unspecified atom stereocenters. The number of nitrogens with zero attached hydrogens (tertiary/aromatic N) is 5. The van der Waals surface area contributed by atoms with Gasteiger partial charge in [-0.2, -0.15) is 0 Å². The quantitative estimate of drug-likeness (QED) is 0.0810. The van der Waals surface area contributed by atoms with Crippen molar-refractivity contribution >= 4 is 51.1 Å². The minimum absolute atomic E-state index is 0.0630. The fraction of sp³-hybridized carbons (Fsp3) is 0.273. The molecule has 5 N–H and O–H groups in total. The molecular weight excluding hydrogens is 604 g/mol. The monoisotopic (exact) mass is 636 g/mol. The second-order valence-corrected chi connectivity index (χ2v) is 11.6. The van der Waals surface area contributed by atoms with Crippen molar-refractivity contribution in [3.05, 3.63) is 101 Å². The van der Waals surface area contributed by atoms with Crippen LogP contribution in [-0.2, 0) is 16.1 Å². The molecular formula is C33H32N8O6. The van der Waals surface area contributed by atoms with E-state index in [-0.39, 0.29) is 18.3 Å². The van der Waals surface area contributed by atoms with Crippen LogP contribution < -0.4 is 16.0 Å². The summed E-state index contributed by atoms with van der Waals surface area (Å²) in [7, 11) is 0. The molecule has 2 fully saturated rings. The molecule has 47 heavy (non-hydrogen) atoms. The number of amides is 1. The van der Waals surface area contributed by atoms with Gasteiger partial charge in [0.1, 0.15) is 30.3 Å².